The third-order valence-corrected chi connectivity index (χ3v) is 8.17. The fourth-order valence-electron chi connectivity index (χ4n) is 4.11. The van der Waals surface area contributed by atoms with E-state index < -0.39 is 58.0 Å². The standard InChI is InChI=1S/C22H25N3O12P2/c1-13-15(14-5-3-2-4-6-14)7-9-23-16(13)11-25-18(26)8-10-24(22(25)29)21-20(28)19(27)17(36-21)12-35-39(33,34)37-38(30,31)32/h2-10,17,19-21,27-28H,11-12H2,1H3,(H,33,34)(H2,30,31,32)/t17-,19?,20?,21-/m1/s1. The van der Waals surface area contributed by atoms with Gasteiger partial charge >= 0.3 is 21.3 Å². The summed E-state index contributed by atoms with van der Waals surface area (Å²) in [6.45, 7) is 0.653. The van der Waals surface area contributed by atoms with Gasteiger partial charge in [-0.15, -0.1) is 0 Å². The Morgan fingerprint density at radius 2 is 1.72 bits per heavy atom. The highest BCUT2D eigenvalue weighted by Crippen LogP contribution is 2.57. The van der Waals surface area contributed by atoms with Crippen LogP contribution in [0.1, 0.15) is 17.5 Å². The largest absolute Gasteiger partial charge is 0.481 e. The van der Waals surface area contributed by atoms with E-state index in [4.69, 9.17) is 14.5 Å². The minimum Gasteiger partial charge on any atom is -0.387 e. The molecule has 3 aromatic rings. The molecule has 0 bridgehead atoms. The van der Waals surface area contributed by atoms with Crippen molar-refractivity contribution in [2.24, 2.45) is 0 Å². The summed E-state index contributed by atoms with van der Waals surface area (Å²) in [6.07, 6.45) is -3.94. The first kappa shape index (κ1) is 29.2. The number of aliphatic hydroxyl groups is 2. The number of pyridine rings is 1. The van der Waals surface area contributed by atoms with Crippen molar-refractivity contribution in [1.29, 1.82) is 0 Å². The molecule has 0 saturated carbocycles. The predicted molar refractivity (Wildman–Crippen MR) is 133 cm³/mol. The number of hydrogen-bond acceptors (Lipinski definition) is 10. The Balaban J connectivity index is 1.58. The third-order valence-electron chi connectivity index (χ3n) is 6.02. The smallest absolute Gasteiger partial charge is 0.387 e. The topological polar surface area (TPSA) is 220 Å². The van der Waals surface area contributed by atoms with Crippen LogP contribution in [0, 0.1) is 6.92 Å². The van der Waals surface area contributed by atoms with Gasteiger partial charge in [0.2, 0.25) is 0 Å². The van der Waals surface area contributed by atoms with E-state index in [9.17, 15) is 33.8 Å². The van der Waals surface area contributed by atoms with Gasteiger partial charge in [-0.1, -0.05) is 30.3 Å². The number of phosphoric ester groups is 1. The van der Waals surface area contributed by atoms with Crippen molar-refractivity contribution in [3.63, 3.8) is 0 Å². The quantitative estimate of drug-likeness (QED) is 0.213. The maximum atomic E-state index is 13.3. The van der Waals surface area contributed by atoms with Crippen molar-refractivity contribution in [1.82, 2.24) is 14.1 Å². The number of ether oxygens (including phenoxy) is 1. The van der Waals surface area contributed by atoms with Gasteiger partial charge in [-0.3, -0.25) is 23.4 Å². The molecule has 1 aromatic carbocycles. The summed E-state index contributed by atoms with van der Waals surface area (Å²) in [6, 6.07) is 12.3. The Hall–Kier alpha value is -2.81. The van der Waals surface area contributed by atoms with Crippen LogP contribution in [0.25, 0.3) is 11.1 Å². The first-order valence-electron chi connectivity index (χ1n) is 11.3. The predicted octanol–water partition coefficient (Wildman–Crippen LogP) is 0.274. The Kier molecular flexibility index (Phi) is 8.50. The maximum absolute atomic E-state index is 13.3. The highest BCUT2D eigenvalue weighted by molar-refractivity contribution is 7.60. The lowest BCUT2D eigenvalue weighted by molar-refractivity contribution is -0.0547. The molecule has 0 amide bonds. The molecule has 1 aliphatic heterocycles. The van der Waals surface area contributed by atoms with Gasteiger partial charge in [0.05, 0.1) is 18.8 Å². The van der Waals surface area contributed by atoms with Gasteiger partial charge in [-0.25, -0.2) is 13.9 Å². The fraction of sp³-hybridized carbons (Fsp3) is 0.318. The van der Waals surface area contributed by atoms with Gasteiger partial charge in [0.25, 0.3) is 5.56 Å². The lowest BCUT2D eigenvalue weighted by atomic mass is 10.0. The van der Waals surface area contributed by atoms with Crippen molar-refractivity contribution in [3.05, 3.63) is 87.0 Å². The zero-order valence-corrected chi connectivity index (χ0v) is 22.0. The van der Waals surface area contributed by atoms with Crippen molar-refractivity contribution >= 4 is 15.6 Å². The molecule has 5 atom stereocenters. The number of aromatic nitrogens is 3. The average molecular weight is 585 g/mol. The van der Waals surface area contributed by atoms with E-state index in [1.54, 1.807) is 13.1 Å². The Labute approximate surface area is 220 Å². The molecule has 39 heavy (non-hydrogen) atoms. The van der Waals surface area contributed by atoms with Gasteiger partial charge in [0.15, 0.2) is 6.23 Å². The lowest BCUT2D eigenvalue weighted by Gasteiger charge is -2.19. The summed E-state index contributed by atoms with van der Waals surface area (Å²) >= 11 is 0. The molecule has 0 radical (unpaired) electrons. The molecule has 17 heteroatoms. The van der Waals surface area contributed by atoms with E-state index in [0.29, 0.717) is 5.69 Å². The highest BCUT2D eigenvalue weighted by atomic mass is 31.3. The fourth-order valence-corrected chi connectivity index (χ4v) is 5.71. The minimum atomic E-state index is -5.38. The number of rotatable bonds is 9. The molecule has 1 saturated heterocycles. The van der Waals surface area contributed by atoms with E-state index in [1.165, 1.54) is 0 Å². The summed E-state index contributed by atoms with van der Waals surface area (Å²) in [4.78, 5) is 57.0. The molecule has 5 N–H and O–H groups in total. The van der Waals surface area contributed by atoms with Crippen LogP contribution in [-0.2, 0) is 29.2 Å². The zero-order valence-electron chi connectivity index (χ0n) is 20.2. The molecule has 4 rings (SSSR count). The molecule has 3 heterocycles. The van der Waals surface area contributed by atoms with E-state index in [1.807, 2.05) is 36.4 Å². The molecular formula is C22H25N3O12P2. The lowest BCUT2D eigenvalue weighted by Crippen LogP contribution is -2.43. The first-order valence-corrected chi connectivity index (χ1v) is 14.4. The second-order valence-electron chi connectivity index (χ2n) is 8.61. The Morgan fingerprint density at radius 1 is 1.03 bits per heavy atom. The van der Waals surface area contributed by atoms with Gasteiger partial charge < -0.3 is 29.6 Å². The third kappa shape index (κ3) is 6.68. The molecule has 0 spiro atoms. The summed E-state index contributed by atoms with van der Waals surface area (Å²) in [7, 11) is -10.6. The van der Waals surface area contributed by atoms with E-state index in [2.05, 4.69) is 13.8 Å². The van der Waals surface area contributed by atoms with Crippen molar-refractivity contribution in [3.8, 4) is 11.1 Å². The van der Waals surface area contributed by atoms with E-state index in [-0.39, 0.29) is 6.54 Å². The van der Waals surface area contributed by atoms with Crippen molar-refractivity contribution < 1.29 is 47.6 Å². The first-order chi connectivity index (χ1) is 18.3. The number of benzene rings is 1. The molecule has 3 unspecified atom stereocenters. The highest BCUT2D eigenvalue weighted by Gasteiger charge is 2.46. The van der Waals surface area contributed by atoms with Crippen LogP contribution in [0.3, 0.4) is 0 Å². The molecule has 210 valence electrons. The number of nitrogens with zero attached hydrogens (tertiary/aromatic N) is 3. The van der Waals surface area contributed by atoms with Gasteiger partial charge in [-0.2, -0.15) is 4.31 Å². The van der Waals surface area contributed by atoms with Crippen LogP contribution in [-0.4, -0.2) is 63.9 Å². The average Bonchev–Trinajstić information content (AvgIpc) is 3.14. The van der Waals surface area contributed by atoms with Crippen LogP contribution < -0.4 is 11.2 Å². The Bertz CT molecular complexity index is 1550. The molecular weight excluding hydrogens is 560 g/mol. The van der Waals surface area contributed by atoms with Crippen molar-refractivity contribution in [2.45, 2.75) is 38.0 Å². The summed E-state index contributed by atoms with van der Waals surface area (Å²) in [5.74, 6) is 0. The van der Waals surface area contributed by atoms with E-state index >= 15 is 0 Å². The van der Waals surface area contributed by atoms with Crippen molar-refractivity contribution in [2.75, 3.05) is 6.61 Å². The Morgan fingerprint density at radius 3 is 2.38 bits per heavy atom. The molecule has 0 aliphatic carbocycles. The van der Waals surface area contributed by atoms with E-state index in [0.717, 1.165) is 38.1 Å². The van der Waals surface area contributed by atoms with Gasteiger partial charge in [-0.05, 0) is 29.7 Å². The molecule has 1 fully saturated rings. The molecule has 1 aliphatic rings. The van der Waals surface area contributed by atoms with Gasteiger partial charge in [0, 0.05) is 18.5 Å². The molecule has 2 aromatic heterocycles. The van der Waals surface area contributed by atoms with Crippen LogP contribution in [0.5, 0.6) is 0 Å². The van der Waals surface area contributed by atoms with Gasteiger partial charge in [0.1, 0.15) is 18.3 Å². The number of aliphatic hydroxyl groups excluding tert-OH is 2. The van der Waals surface area contributed by atoms with Crippen LogP contribution in [0.15, 0.2) is 64.4 Å². The maximum Gasteiger partial charge on any atom is 0.481 e. The van der Waals surface area contributed by atoms with Crippen LogP contribution >= 0.6 is 15.6 Å². The van der Waals surface area contributed by atoms with Crippen LogP contribution in [0.4, 0.5) is 0 Å². The van der Waals surface area contributed by atoms with Crippen LogP contribution in [0.2, 0.25) is 0 Å². The normalized spacial score (nSPS) is 23.0. The zero-order chi connectivity index (χ0) is 28.5. The number of phosphoric acid groups is 2. The summed E-state index contributed by atoms with van der Waals surface area (Å²) in [5.41, 5.74) is 1.39. The molecule has 15 nitrogen and oxygen atoms in total. The SMILES string of the molecule is Cc1c(-c2ccccc2)ccnc1Cn1c(=O)ccn([C@@H]2O[C@H](COP(=O)(O)OP(=O)(O)O)C(O)C2O)c1=O. The second kappa shape index (κ2) is 11.4. The summed E-state index contributed by atoms with van der Waals surface area (Å²) in [5, 5.41) is 20.8. The summed E-state index contributed by atoms with van der Waals surface area (Å²) < 4.78 is 37.8. The number of hydrogen-bond donors (Lipinski definition) is 5. The minimum absolute atomic E-state index is 0.212. The second-order valence-corrected chi connectivity index (χ2v) is 11.4. The monoisotopic (exact) mass is 585 g/mol.